The van der Waals surface area contributed by atoms with Crippen LogP contribution in [0.4, 0.5) is 0 Å². The number of methoxy groups -OCH3 is 1. The monoisotopic (exact) mass is 313 g/mol. The van der Waals surface area contributed by atoms with Crippen LogP contribution in [0.2, 0.25) is 0 Å². The van der Waals surface area contributed by atoms with Gasteiger partial charge in [-0.1, -0.05) is 0 Å². The van der Waals surface area contributed by atoms with Gasteiger partial charge in [0.1, 0.15) is 5.75 Å². The number of carbonyl (C=O) groups excluding carboxylic acids is 1. The molecule has 3 rings (SSSR count). The van der Waals surface area contributed by atoms with Crippen molar-refractivity contribution in [1.82, 2.24) is 9.80 Å². The molecule has 2 atom stereocenters. The molecule has 1 aliphatic carbocycles. The molecule has 2 aliphatic rings. The molecule has 1 aliphatic heterocycles. The SMILES string of the molecule is COc1ccc(C(=O)N2CCN(C3CCC(C#N)C3)CC2)cc1. The lowest BCUT2D eigenvalue weighted by Crippen LogP contribution is -2.51. The zero-order valence-corrected chi connectivity index (χ0v) is 13.6. The highest BCUT2D eigenvalue weighted by molar-refractivity contribution is 5.94. The molecular formula is C18H23N3O2. The van der Waals surface area contributed by atoms with Crippen LogP contribution < -0.4 is 4.74 Å². The molecule has 1 saturated heterocycles. The number of benzene rings is 1. The smallest absolute Gasteiger partial charge is 0.253 e. The van der Waals surface area contributed by atoms with E-state index in [0.717, 1.165) is 51.2 Å². The molecule has 23 heavy (non-hydrogen) atoms. The predicted molar refractivity (Wildman–Crippen MR) is 87.2 cm³/mol. The zero-order valence-electron chi connectivity index (χ0n) is 13.6. The Morgan fingerprint density at radius 1 is 1.17 bits per heavy atom. The van der Waals surface area contributed by atoms with Gasteiger partial charge in [-0.05, 0) is 43.5 Å². The summed E-state index contributed by atoms with van der Waals surface area (Å²) in [4.78, 5) is 16.9. The highest BCUT2D eigenvalue weighted by atomic mass is 16.5. The Labute approximate surface area is 137 Å². The average molecular weight is 313 g/mol. The third-order valence-electron chi connectivity index (χ3n) is 5.04. The molecule has 5 nitrogen and oxygen atoms in total. The number of piperazine rings is 1. The van der Waals surface area contributed by atoms with Gasteiger partial charge in [0.05, 0.1) is 13.2 Å². The van der Waals surface area contributed by atoms with Crippen molar-refractivity contribution in [3.63, 3.8) is 0 Å². The topological polar surface area (TPSA) is 56.6 Å². The molecular weight excluding hydrogens is 290 g/mol. The standard InChI is InChI=1S/C18H23N3O2/c1-23-17-6-3-15(4-7-17)18(22)21-10-8-20(9-11-21)16-5-2-14(12-16)13-19/h3-4,6-7,14,16H,2,5,8-12H2,1H3. The van der Waals surface area contributed by atoms with Crippen LogP contribution in [0.25, 0.3) is 0 Å². The van der Waals surface area contributed by atoms with Crippen molar-refractivity contribution in [2.24, 2.45) is 5.92 Å². The third-order valence-corrected chi connectivity index (χ3v) is 5.04. The normalized spacial score (nSPS) is 25.1. The summed E-state index contributed by atoms with van der Waals surface area (Å²) in [5.41, 5.74) is 0.713. The molecule has 1 heterocycles. The van der Waals surface area contributed by atoms with Crippen LogP contribution in [0.5, 0.6) is 5.75 Å². The van der Waals surface area contributed by atoms with Gasteiger partial charge in [-0.25, -0.2) is 0 Å². The van der Waals surface area contributed by atoms with Gasteiger partial charge in [0.15, 0.2) is 0 Å². The maximum Gasteiger partial charge on any atom is 0.253 e. The highest BCUT2D eigenvalue weighted by Gasteiger charge is 2.32. The Balaban J connectivity index is 1.54. The van der Waals surface area contributed by atoms with Crippen molar-refractivity contribution < 1.29 is 9.53 Å². The minimum atomic E-state index is 0.0913. The van der Waals surface area contributed by atoms with E-state index in [1.54, 1.807) is 7.11 Å². The van der Waals surface area contributed by atoms with Gasteiger partial charge in [0.2, 0.25) is 0 Å². The number of carbonyl (C=O) groups is 1. The summed E-state index contributed by atoms with van der Waals surface area (Å²) < 4.78 is 5.13. The summed E-state index contributed by atoms with van der Waals surface area (Å²) in [6, 6.07) is 10.2. The minimum Gasteiger partial charge on any atom is -0.497 e. The molecule has 5 heteroatoms. The largest absolute Gasteiger partial charge is 0.497 e. The number of nitriles is 1. The lowest BCUT2D eigenvalue weighted by molar-refractivity contribution is 0.0571. The number of hydrogen-bond acceptors (Lipinski definition) is 4. The Hall–Kier alpha value is -2.06. The van der Waals surface area contributed by atoms with Crippen LogP contribution in [0, 0.1) is 17.2 Å². The summed E-state index contributed by atoms with van der Waals surface area (Å²) in [5, 5.41) is 9.03. The number of amides is 1. The molecule has 0 spiro atoms. The predicted octanol–water partition coefficient (Wildman–Crippen LogP) is 2.15. The van der Waals surface area contributed by atoms with Crippen molar-refractivity contribution in [2.75, 3.05) is 33.3 Å². The molecule has 1 amide bonds. The summed E-state index contributed by atoms with van der Waals surface area (Å²) >= 11 is 0. The molecule has 0 bridgehead atoms. The van der Waals surface area contributed by atoms with Gasteiger partial charge in [-0.15, -0.1) is 0 Å². The lowest BCUT2D eigenvalue weighted by atomic mass is 10.1. The fraction of sp³-hybridized carbons (Fsp3) is 0.556. The fourth-order valence-corrected chi connectivity index (χ4v) is 3.61. The first-order chi connectivity index (χ1) is 11.2. The summed E-state index contributed by atoms with van der Waals surface area (Å²) in [5.74, 6) is 1.08. The van der Waals surface area contributed by atoms with Crippen LogP contribution in [0.3, 0.4) is 0 Å². The van der Waals surface area contributed by atoms with Crippen LogP contribution in [0.15, 0.2) is 24.3 Å². The molecule has 1 aromatic rings. The molecule has 1 saturated carbocycles. The van der Waals surface area contributed by atoms with Crippen molar-refractivity contribution in [1.29, 1.82) is 5.26 Å². The van der Waals surface area contributed by atoms with E-state index in [4.69, 9.17) is 10.00 Å². The fourth-order valence-electron chi connectivity index (χ4n) is 3.61. The second kappa shape index (κ2) is 7.01. The average Bonchev–Trinajstić information content (AvgIpc) is 3.10. The Kier molecular flexibility index (Phi) is 4.82. The maximum atomic E-state index is 12.5. The highest BCUT2D eigenvalue weighted by Crippen LogP contribution is 2.29. The molecule has 0 radical (unpaired) electrons. The van der Waals surface area contributed by atoms with Gasteiger partial charge in [-0.3, -0.25) is 9.69 Å². The van der Waals surface area contributed by atoms with Crippen molar-refractivity contribution in [2.45, 2.75) is 25.3 Å². The number of ether oxygens (including phenoxy) is 1. The quantitative estimate of drug-likeness (QED) is 0.858. The van der Waals surface area contributed by atoms with Crippen LogP contribution in [-0.2, 0) is 0 Å². The zero-order chi connectivity index (χ0) is 16.2. The van der Waals surface area contributed by atoms with Crippen molar-refractivity contribution in [3.05, 3.63) is 29.8 Å². The van der Waals surface area contributed by atoms with Crippen LogP contribution in [-0.4, -0.2) is 55.0 Å². The minimum absolute atomic E-state index is 0.0913. The van der Waals surface area contributed by atoms with E-state index in [2.05, 4.69) is 11.0 Å². The van der Waals surface area contributed by atoms with E-state index in [-0.39, 0.29) is 11.8 Å². The van der Waals surface area contributed by atoms with E-state index in [9.17, 15) is 4.79 Å². The van der Waals surface area contributed by atoms with E-state index in [1.165, 1.54) is 0 Å². The first-order valence-electron chi connectivity index (χ1n) is 8.28. The first kappa shape index (κ1) is 15.8. The molecule has 0 aromatic heterocycles. The third kappa shape index (κ3) is 3.48. The Bertz CT molecular complexity index is 585. The van der Waals surface area contributed by atoms with Gasteiger partial charge in [-0.2, -0.15) is 5.26 Å². The molecule has 0 N–H and O–H groups in total. The van der Waals surface area contributed by atoms with Gasteiger partial charge in [0, 0.05) is 43.7 Å². The first-order valence-corrected chi connectivity index (χ1v) is 8.28. The van der Waals surface area contributed by atoms with Crippen molar-refractivity contribution in [3.8, 4) is 11.8 Å². The summed E-state index contributed by atoms with van der Waals surface area (Å²) in [6.07, 6.45) is 3.12. The van der Waals surface area contributed by atoms with E-state index in [0.29, 0.717) is 11.6 Å². The summed E-state index contributed by atoms with van der Waals surface area (Å²) in [6.45, 7) is 3.34. The number of rotatable bonds is 3. The maximum absolute atomic E-state index is 12.5. The molecule has 2 fully saturated rings. The van der Waals surface area contributed by atoms with Crippen LogP contribution >= 0.6 is 0 Å². The molecule has 1 aromatic carbocycles. The van der Waals surface area contributed by atoms with Crippen molar-refractivity contribution >= 4 is 5.91 Å². The molecule has 122 valence electrons. The number of hydrogen-bond donors (Lipinski definition) is 0. The second-order valence-electron chi connectivity index (χ2n) is 6.35. The lowest BCUT2D eigenvalue weighted by Gasteiger charge is -2.38. The van der Waals surface area contributed by atoms with E-state index in [1.807, 2.05) is 29.2 Å². The van der Waals surface area contributed by atoms with E-state index < -0.39 is 0 Å². The van der Waals surface area contributed by atoms with Gasteiger partial charge >= 0.3 is 0 Å². The second-order valence-corrected chi connectivity index (χ2v) is 6.35. The van der Waals surface area contributed by atoms with Gasteiger partial charge in [0.25, 0.3) is 5.91 Å². The van der Waals surface area contributed by atoms with Crippen LogP contribution in [0.1, 0.15) is 29.6 Å². The van der Waals surface area contributed by atoms with E-state index >= 15 is 0 Å². The Morgan fingerprint density at radius 3 is 2.43 bits per heavy atom. The van der Waals surface area contributed by atoms with Gasteiger partial charge < -0.3 is 9.64 Å². The number of nitrogens with zero attached hydrogens (tertiary/aromatic N) is 3. The Morgan fingerprint density at radius 2 is 1.87 bits per heavy atom. The molecule has 2 unspecified atom stereocenters. The summed E-state index contributed by atoms with van der Waals surface area (Å²) in [7, 11) is 1.62.